The molecule has 1 amide bonds. The van der Waals surface area contributed by atoms with Crippen molar-refractivity contribution in [1.82, 2.24) is 5.32 Å². The molecule has 52 heavy (non-hydrogen) atoms. The second kappa shape index (κ2) is 27.5. The van der Waals surface area contributed by atoms with Crippen molar-refractivity contribution < 1.29 is 229 Å². The van der Waals surface area contributed by atoms with Crippen molar-refractivity contribution in [2.45, 2.75) is 62.3 Å². The van der Waals surface area contributed by atoms with Crippen molar-refractivity contribution >= 4 is 35.2 Å². The van der Waals surface area contributed by atoms with Gasteiger partial charge in [-0.2, -0.15) is 0 Å². The van der Waals surface area contributed by atoms with Gasteiger partial charge in [0.2, 0.25) is 0 Å². The quantitative estimate of drug-likeness (QED) is 0.0498. The van der Waals surface area contributed by atoms with Gasteiger partial charge in [-0.05, 0) is 25.0 Å². The van der Waals surface area contributed by atoms with Crippen molar-refractivity contribution in [3.8, 4) is 0 Å². The number of rotatable bonds is 17. The number of carbonyl (C=O) groups is 2. The number of benzene rings is 2. The fourth-order valence-corrected chi connectivity index (χ4v) is 6.65. The molecule has 0 heterocycles. The maximum atomic E-state index is 12.5. The molecular weight excluding hydrogens is 806 g/mol. The van der Waals surface area contributed by atoms with Crippen LogP contribution in [-0.2, 0) is 31.8 Å². The van der Waals surface area contributed by atoms with Crippen molar-refractivity contribution in [1.29, 1.82) is 0 Å². The van der Waals surface area contributed by atoms with Gasteiger partial charge in [0.1, 0.15) is 36.6 Å². The molecule has 2 aromatic carbocycles. The number of carbonyl (C=O) groups excluding carboxylic acids is 2. The van der Waals surface area contributed by atoms with Crippen LogP contribution in [0.2, 0.25) is 0 Å². The monoisotopic (exact) mass is 837 g/mol. The van der Waals surface area contributed by atoms with Gasteiger partial charge in [-0.3, -0.25) is 14.2 Å². The van der Waals surface area contributed by atoms with E-state index < -0.39 is 66.7 Å². The molecule has 4 N–H and O–H groups in total. The van der Waals surface area contributed by atoms with Gasteiger partial charge in [0.05, 0.1) is 22.3 Å². The Morgan fingerprint density at radius 1 is 0.596 bits per heavy atom. The number of unbranched alkanes of at least 4 members (excludes halogenated alkanes) is 3. The smallest absolute Gasteiger partial charge is 0.790 e. The van der Waals surface area contributed by atoms with Crippen LogP contribution in [0.15, 0.2) is 54.6 Å². The van der Waals surface area contributed by atoms with Crippen LogP contribution >= 0.6 is 23.5 Å². The van der Waals surface area contributed by atoms with E-state index in [1.165, 1.54) is 12.1 Å². The van der Waals surface area contributed by atoms with Crippen LogP contribution in [0.1, 0.15) is 52.0 Å². The summed E-state index contributed by atoms with van der Waals surface area (Å²) in [6.45, 7) is -0.171. The molecule has 18 nitrogen and oxygen atoms in total. The van der Waals surface area contributed by atoms with Gasteiger partial charge in [-0.25, -0.2) is 0 Å². The Balaban J connectivity index is -0.00000480. The molecule has 7 atom stereocenters. The van der Waals surface area contributed by atoms with Crippen molar-refractivity contribution in [3.05, 3.63) is 71.3 Å². The number of nitrogens with one attached hydrogen (secondary N) is 1. The van der Waals surface area contributed by atoms with E-state index in [1.807, 2.05) is 0 Å². The third-order valence-electron chi connectivity index (χ3n) is 6.82. The molecule has 0 aliphatic heterocycles. The molecule has 1 fully saturated rings. The Labute approximate surface area is 410 Å². The Bertz CT molecular complexity index is 1500. The van der Waals surface area contributed by atoms with Crippen LogP contribution in [0.4, 0.5) is 0 Å². The number of amides is 1. The van der Waals surface area contributed by atoms with Crippen molar-refractivity contribution in [2.24, 2.45) is 0 Å². The average Bonchev–Trinajstić information content (AvgIpc) is 3.00. The fraction of sp³-hybridized carbons (Fsp3) is 0.462. The number of phosphoric ester groups is 3. The van der Waals surface area contributed by atoms with Crippen LogP contribution in [0.25, 0.3) is 0 Å². The number of phosphoric acid groups is 3. The van der Waals surface area contributed by atoms with Gasteiger partial charge in [-0.1, -0.05) is 55.3 Å². The minimum Gasteiger partial charge on any atom is -0.790 e. The minimum absolute atomic E-state index is 0. The predicted molar refractivity (Wildman–Crippen MR) is 149 cm³/mol. The summed E-state index contributed by atoms with van der Waals surface area (Å²) in [5.41, 5.74) is 1.30. The Morgan fingerprint density at radius 3 is 1.56 bits per heavy atom. The van der Waals surface area contributed by atoms with E-state index in [-0.39, 0.29) is 172 Å². The number of aliphatic hydroxyl groups excluding tert-OH is 3. The van der Waals surface area contributed by atoms with Crippen LogP contribution in [0.5, 0.6) is 0 Å². The van der Waals surface area contributed by atoms with E-state index in [0.29, 0.717) is 36.0 Å². The first kappa shape index (κ1) is 59.1. The maximum absolute atomic E-state index is 12.5. The van der Waals surface area contributed by atoms with Gasteiger partial charge < -0.3 is 72.3 Å². The second-order valence-electron chi connectivity index (χ2n) is 10.3. The number of ketones is 1. The zero-order valence-electron chi connectivity index (χ0n) is 29.3. The molecule has 0 spiro atoms. The first-order valence-corrected chi connectivity index (χ1v) is 18.3. The summed E-state index contributed by atoms with van der Waals surface area (Å²) in [4.78, 5) is 81.3. The molecule has 26 heteroatoms. The van der Waals surface area contributed by atoms with Crippen LogP contribution in [0.3, 0.4) is 0 Å². The molecule has 3 rings (SSSR count). The summed E-state index contributed by atoms with van der Waals surface area (Å²) in [7, 11) is -17.5. The summed E-state index contributed by atoms with van der Waals surface area (Å²) in [6, 6.07) is 14.8. The third kappa shape index (κ3) is 20.2. The standard InChI is InChI=1S/C26H36NO17P3.5Na/c28-19(16-8-4-3-5-9-16)17-10-12-18(13-11-17)26(32)27-14-6-1-2-7-15-41-47(39,40)44-23-20(29)21(30)24(42-45(33,34)35)25(22(23)31)43-46(36,37)38;;;;;/h3-5,8-13,20-25,29-31H,1-2,6-7,14-15H2,(H,27,32)(H,39,40)(H2,33,34,35)(H2,36,37,38);;;;;/q;5*+1/p-5/t20-,21+,22+,23-,24-,25-;;;;;/m1...../s1. The van der Waals surface area contributed by atoms with Gasteiger partial charge in [0.15, 0.2) is 5.78 Å². The molecule has 0 radical (unpaired) electrons. The van der Waals surface area contributed by atoms with E-state index in [2.05, 4.69) is 23.4 Å². The van der Waals surface area contributed by atoms with Gasteiger partial charge in [0.25, 0.3) is 13.7 Å². The summed E-state index contributed by atoms with van der Waals surface area (Å²) in [5, 5.41) is 33.4. The molecule has 1 aliphatic carbocycles. The van der Waals surface area contributed by atoms with E-state index in [1.54, 1.807) is 42.5 Å². The third-order valence-corrected chi connectivity index (χ3v) is 8.83. The molecular formula is C26H31NNa5O17P3. The largest absolute Gasteiger partial charge is 1.00 e. The van der Waals surface area contributed by atoms with Gasteiger partial charge in [-0.15, -0.1) is 0 Å². The SMILES string of the molecule is O=C(NCCCCCCOP(=O)([O-])O[C@@H]1[C@H](O)[C@H](O)[C@@H](OP(=O)([O-])[O-])[C@H](OP(=O)([O-])[O-])[C@H]1O)c1ccc(C(=O)c2ccccc2)cc1.[Na+].[Na+].[Na+].[Na+].[Na+]. The summed E-state index contributed by atoms with van der Waals surface area (Å²) in [6.07, 6.45) is -13.8. The van der Waals surface area contributed by atoms with Crippen molar-refractivity contribution in [3.63, 3.8) is 0 Å². The number of aliphatic hydroxyl groups is 3. The zero-order chi connectivity index (χ0) is 35.0. The van der Waals surface area contributed by atoms with Gasteiger partial charge >= 0.3 is 148 Å². The Morgan fingerprint density at radius 2 is 1.04 bits per heavy atom. The van der Waals surface area contributed by atoms with E-state index in [0.717, 1.165) is 0 Å². The van der Waals surface area contributed by atoms with Crippen molar-refractivity contribution in [2.75, 3.05) is 13.2 Å². The summed E-state index contributed by atoms with van der Waals surface area (Å²) in [5.74, 6) is -0.538. The first-order chi connectivity index (χ1) is 21.9. The molecule has 2 aromatic rings. The molecule has 1 aliphatic rings. The van der Waals surface area contributed by atoms with E-state index in [9.17, 15) is 63.1 Å². The van der Waals surface area contributed by atoms with Gasteiger partial charge in [0, 0.05) is 23.2 Å². The maximum Gasteiger partial charge on any atom is 1.00 e. The average molecular weight is 837 g/mol. The van der Waals surface area contributed by atoms with Crippen LogP contribution in [0, 0.1) is 0 Å². The Kier molecular flexibility index (Phi) is 31.3. The zero-order valence-corrected chi connectivity index (χ0v) is 42.0. The molecule has 262 valence electrons. The normalized spacial score (nSPS) is 22.4. The predicted octanol–water partition coefficient (Wildman–Crippen LogP) is -17.4. The first-order valence-electron chi connectivity index (χ1n) is 14.0. The number of hydrogen-bond donors (Lipinski definition) is 4. The fourth-order valence-electron chi connectivity index (χ4n) is 4.60. The molecule has 0 bridgehead atoms. The van der Waals surface area contributed by atoms with Crippen LogP contribution in [-0.4, -0.2) is 76.8 Å². The second-order valence-corrected chi connectivity index (χ2v) is 13.9. The Hall–Kier alpha value is 2.79. The number of hydrogen-bond acceptors (Lipinski definition) is 17. The summed E-state index contributed by atoms with van der Waals surface area (Å²) < 4.78 is 51.5. The minimum atomic E-state index is -6.06. The molecule has 0 saturated heterocycles. The summed E-state index contributed by atoms with van der Waals surface area (Å²) >= 11 is 0. The van der Waals surface area contributed by atoms with Crippen LogP contribution < -0.4 is 178 Å². The van der Waals surface area contributed by atoms with E-state index in [4.69, 9.17) is 0 Å². The van der Waals surface area contributed by atoms with E-state index >= 15 is 0 Å². The molecule has 1 saturated carbocycles. The topological polar surface area (TPSA) is 310 Å². The molecule has 1 unspecified atom stereocenters. The molecule has 0 aromatic heterocycles.